The zero-order valence-electron chi connectivity index (χ0n) is 11.9. The Hall–Kier alpha value is -2.02. The van der Waals surface area contributed by atoms with Gasteiger partial charge in [0.15, 0.2) is 5.82 Å². The Kier molecular flexibility index (Phi) is 4.29. The second-order valence-electron chi connectivity index (χ2n) is 4.94. The minimum atomic E-state index is -0.418. The van der Waals surface area contributed by atoms with Crippen molar-refractivity contribution in [1.82, 2.24) is 24.9 Å². The fourth-order valence-electron chi connectivity index (χ4n) is 1.91. The van der Waals surface area contributed by atoms with E-state index in [9.17, 15) is 4.79 Å². The average molecular weight is 277 g/mol. The SMILES string of the molecule is Cc1cc(C)n2nc(CC(=O)NCCC(C)O)nc2n1. The molecule has 1 atom stereocenters. The molecule has 0 fully saturated rings. The molecule has 7 heteroatoms. The smallest absolute Gasteiger partial charge is 0.252 e. The van der Waals surface area contributed by atoms with Crippen LogP contribution in [0.2, 0.25) is 0 Å². The van der Waals surface area contributed by atoms with Gasteiger partial charge >= 0.3 is 0 Å². The van der Waals surface area contributed by atoms with Crippen LogP contribution in [-0.4, -0.2) is 43.2 Å². The van der Waals surface area contributed by atoms with E-state index < -0.39 is 6.10 Å². The number of aromatic nitrogens is 4. The molecule has 1 amide bonds. The average Bonchev–Trinajstić information content (AvgIpc) is 2.71. The first kappa shape index (κ1) is 14.4. The van der Waals surface area contributed by atoms with Crippen LogP contribution < -0.4 is 5.32 Å². The van der Waals surface area contributed by atoms with E-state index in [-0.39, 0.29) is 12.3 Å². The summed E-state index contributed by atoms with van der Waals surface area (Å²) < 4.78 is 1.63. The summed E-state index contributed by atoms with van der Waals surface area (Å²) in [5.74, 6) is 0.797. The molecule has 0 saturated heterocycles. The van der Waals surface area contributed by atoms with Gasteiger partial charge in [0.25, 0.3) is 5.78 Å². The lowest BCUT2D eigenvalue weighted by atomic mass is 10.3. The van der Waals surface area contributed by atoms with E-state index in [4.69, 9.17) is 5.11 Å². The highest BCUT2D eigenvalue weighted by molar-refractivity contribution is 5.77. The molecular formula is C13H19N5O2. The standard InChI is InChI=1S/C13H19N5O2/c1-8-6-9(2)18-13(15-8)16-11(17-18)7-12(20)14-5-4-10(3)19/h6,10,19H,4-5,7H2,1-3H3,(H,14,20). The van der Waals surface area contributed by atoms with Gasteiger partial charge < -0.3 is 10.4 Å². The summed E-state index contributed by atoms with van der Waals surface area (Å²) in [6.07, 6.45) is 0.227. The van der Waals surface area contributed by atoms with Crippen molar-refractivity contribution in [3.05, 3.63) is 23.3 Å². The van der Waals surface area contributed by atoms with Gasteiger partial charge in [-0.1, -0.05) is 0 Å². The fourth-order valence-corrected chi connectivity index (χ4v) is 1.91. The van der Waals surface area contributed by atoms with Crippen LogP contribution in [0.4, 0.5) is 0 Å². The number of hydrogen-bond acceptors (Lipinski definition) is 5. The molecule has 2 rings (SSSR count). The van der Waals surface area contributed by atoms with Crippen molar-refractivity contribution >= 4 is 11.7 Å². The third kappa shape index (κ3) is 3.51. The minimum Gasteiger partial charge on any atom is -0.393 e. The molecule has 0 aliphatic heterocycles. The van der Waals surface area contributed by atoms with Gasteiger partial charge in [0.2, 0.25) is 5.91 Å². The topological polar surface area (TPSA) is 92.4 Å². The van der Waals surface area contributed by atoms with E-state index >= 15 is 0 Å². The quantitative estimate of drug-likeness (QED) is 0.813. The number of amides is 1. The van der Waals surface area contributed by atoms with Gasteiger partial charge in [-0.15, -0.1) is 5.10 Å². The van der Waals surface area contributed by atoms with Crippen LogP contribution in [0.25, 0.3) is 5.78 Å². The monoisotopic (exact) mass is 277 g/mol. The van der Waals surface area contributed by atoms with Crippen LogP contribution >= 0.6 is 0 Å². The second kappa shape index (κ2) is 5.96. The summed E-state index contributed by atoms with van der Waals surface area (Å²) in [4.78, 5) is 20.2. The highest BCUT2D eigenvalue weighted by Gasteiger charge is 2.11. The maximum Gasteiger partial charge on any atom is 0.252 e. The fraction of sp³-hybridized carbons (Fsp3) is 0.538. The van der Waals surface area contributed by atoms with Crippen LogP contribution in [0.5, 0.6) is 0 Å². The summed E-state index contributed by atoms with van der Waals surface area (Å²) in [6.45, 7) is 5.94. The van der Waals surface area contributed by atoms with E-state index in [1.807, 2.05) is 19.9 Å². The van der Waals surface area contributed by atoms with E-state index in [0.717, 1.165) is 11.4 Å². The summed E-state index contributed by atoms with van der Waals surface area (Å²) in [5, 5.41) is 16.1. The number of rotatable bonds is 5. The van der Waals surface area contributed by atoms with Crippen molar-refractivity contribution < 1.29 is 9.90 Å². The third-order valence-corrected chi connectivity index (χ3v) is 2.87. The second-order valence-corrected chi connectivity index (χ2v) is 4.94. The maximum atomic E-state index is 11.7. The Morgan fingerprint density at radius 3 is 2.90 bits per heavy atom. The van der Waals surface area contributed by atoms with Gasteiger partial charge in [-0.3, -0.25) is 4.79 Å². The minimum absolute atomic E-state index is 0.113. The van der Waals surface area contributed by atoms with Crippen LogP contribution in [0.15, 0.2) is 6.07 Å². The third-order valence-electron chi connectivity index (χ3n) is 2.87. The van der Waals surface area contributed by atoms with Gasteiger partial charge in [-0.05, 0) is 33.3 Å². The predicted molar refractivity (Wildman–Crippen MR) is 73.3 cm³/mol. The molecule has 7 nitrogen and oxygen atoms in total. The van der Waals surface area contributed by atoms with Crippen molar-refractivity contribution in [2.45, 2.75) is 39.7 Å². The van der Waals surface area contributed by atoms with Gasteiger partial charge in [0, 0.05) is 17.9 Å². The largest absolute Gasteiger partial charge is 0.393 e. The highest BCUT2D eigenvalue weighted by atomic mass is 16.3. The molecule has 0 aliphatic carbocycles. The highest BCUT2D eigenvalue weighted by Crippen LogP contribution is 2.05. The van der Waals surface area contributed by atoms with Crippen LogP contribution in [0.3, 0.4) is 0 Å². The number of nitrogens with one attached hydrogen (secondary N) is 1. The van der Waals surface area contributed by atoms with Crippen LogP contribution in [0.1, 0.15) is 30.6 Å². The zero-order chi connectivity index (χ0) is 14.7. The summed E-state index contributed by atoms with van der Waals surface area (Å²) in [7, 11) is 0. The van der Waals surface area contributed by atoms with Gasteiger partial charge in [0.1, 0.15) is 0 Å². The van der Waals surface area contributed by atoms with Crippen molar-refractivity contribution in [3.8, 4) is 0 Å². The number of nitrogens with zero attached hydrogens (tertiary/aromatic N) is 4. The number of aliphatic hydroxyl groups excluding tert-OH is 1. The molecule has 2 heterocycles. The lowest BCUT2D eigenvalue weighted by Gasteiger charge is -2.05. The number of aryl methyl sites for hydroxylation is 2. The summed E-state index contributed by atoms with van der Waals surface area (Å²) in [5.41, 5.74) is 1.80. The molecule has 0 aromatic carbocycles. The number of fused-ring (bicyclic) bond motifs is 1. The van der Waals surface area contributed by atoms with Gasteiger partial charge in [-0.2, -0.15) is 4.98 Å². The zero-order valence-corrected chi connectivity index (χ0v) is 11.9. The molecule has 108 valence electrons. The first-order chi connectivity index (χ1) is 9.45. The van der Waals surface area contributed by atoms with Crippen LogP contribution in [0, 0.1) is 13.8 Å². The van der Waals surface area contributed by atoms with E-state index in [0.29, 0.717) is 24.6 Å². The Balaban J connectivity index is 2.03. The lowest BCUT2D eigenvalue weighted by Crippen LogP contribution is -2.28. The summed E-state index contributed by atoms with van der Waals surface area (Å²) in [6, 6.07) is 1.91. The lowest BCUT2D eigenvalue weighted by molar-refractivity contribution is -0.120. The molecule has 2 aromatic rings. The van der Waals surface area contributed by atoms with Crippen molar-refractivity contribution in [3.63, 3.8) is 0 Å². The van der Waals surface area contributed by atoms with Crippen molar-refractivity contribution in [2.24, 2.45) is 0 Å². The van der Waals surface area contributed by atoms with Crippen LogP contribution in [-0.2, 0) is 11.2 Å². The molecule has 0 bridgehead atoms. The van der Waals surface area contributed by atoms with Crippen molar-refractivity contribution in [1.29, 1.82) is 0 Å². The molecule has 2 aromatic heterocycles. The first-order valence-electron chi connectivity index (χ1n) is 6.60. The van der Waals surface area contributed by atoms with E-state index in [2.05, 4.69) is 20.4 Å². The Morgan fingerprint density at radius 1 is 1.45 bits per heavy atom. The number of hydrogen-bond donors (Lipinski definition) is 2. The van der Waals surface area contributed by atoms with Crippen molar-refractivity contribution in [2.75, 3.05) is 6.54 Å². The molecule has 20 heavy (non-hydrogen) atoms. The summed E-state index contributed by atoms with van der Waals surface area (Å²) >= 11 is 0. The molecule has 0 spiro atoms. The Bertz CT molecular complexity index is 620. The number of aliphatic hydroxyl groups is 1. The normalized spacial score (nSPS) is 12.6. The number of carbonyl (C=O) groups excluding carboxylic acids is 1. The molecule has 0 aliphatic rings. The Labute approximate surface area is 117 Å². The molecule has 0 radical (unpaired) electrons. The Morgan fingerprint density at radius 2 is 2.20 bits per heavy atom. The predicted octanol–water partition coefficient (Wildman–Crippen LogP) is 0.171. The molecule has 2 N–H and O–H groups in total. The van der Waals surface area contributed by atoms with E-state index in [1.54, 1.807) is 11.4 Å². The maximum absolute atomic E-state index is 11.7. The van der Waals surface area contributed by atoms with Gasteiger partial charge in [-0.25, -0.2) is 9.50 Å². The molecular weight excluding hydrogens is 258 g/mol. The van der Waals surface area contributed by atoms with E-state index in [1.165, 1.54) is 0 Å². The first-order valence-corrected chi connectivity index (χ1v) is 6.60. The number of carbonyl (C=O) groups is 1. The van der Waals surface area contributed by atoms with Gasteiger partial charge in [0.05, 0.1) is 12.5 Å². The molecule has 0 saturated carbocycles. The molecule has 1 unspecified atom stereocenters.